The Morgan fingerprint density at radius 1 is 1.57 bits per heavy atom. The van der Waals surface area contributed by atoms with Crippen molar-refractivity contribution >= 4 is 6.29 Å². The molecule has 1 N–H and O–H groups in total. The summed E-state index contributed by atoms with van der Waals surface area (Å²) in [6.45, 7) is 4.14. The van der Waals surface area contributed by atoms with Gasteiger partial charge < -0.3 is 14.6 Å². The molecule has 0 saturated carbocycles. The molecule has 0 spiro atoms. The minimum absolute atomic E-state index is 0.105. The fourth-order valence-electron chi connectivity index (χ4n) is 1.16. The molecule has 0 fully saturated rings. The van der Waals surface area contributed by atoms with Gasteiger partial charge in [0.2, 0.25) is 0 Å². The third kappa shape index (κ3) is 2.25. The van der Waals surface area contributed by atoms with Crippen molar-refractivity contribution in [1.29, 1.82) is 0 Å². The molecule has 3 nitrogen and oxygen atoms in total. The molecule has 0 aliphatic carbocycles. The van der Waals surface area contributed by atoms with E-state index in [2.05, 4.69) is 0 Å². The average Bonchev–Trinajstić information content (AvgIpc) is 2.20. The summed E-state index contributed by atoms with van der Waals surface area (Å²) in [5.74, 6) is 0.363. The molecule has 1 atom stereocenters. The molecule has 0 aliphatic heterocycles. The fourth-order valence-corrected chi connectivity index (χ4v) is 1.16. The first-order chi connectivity index (χ1) is 6.69. The smallest absolute Gasteiger partial charge is 0.161 e. The first-order valence-electron chi connectivity index (χ1n) is 4.60. The number of hydrogen-bond acceptors (Lipinski definition) is 3. The third-order valence-electron chi connectivity index (χ3n) is 2.01. The van der Waals surface area contributed by atoms with Gasteiger partial charge in [-0.15, -0.1) is 0 Å². The van der Waals surface area contributed by atoms with E-state index in [0.29, 0.717) is 12.4 Å². The quantitative estimate of drug-likeness (QED) is 0.746. The largest absolute Gasteiger partial charge is 0.504 e. The minimum Gasteiger partial charge on any atom is -0.504 e. The van der Waals surface area contributed by atoms with Crippen molar-refractivity contribution in [2.24, 2.45) is 0 Å². The zero-order valence-electron chi connectivity index (χ0n) is 8.36. The Bertz CT molecular complexity index is 320. The Hall–Kier alpha value is -1.51. The number of carbonyl (C=O) groups excluding carboxylic acids is 1. The van der Waals surface area contributed by atoms with E-state index in [-0.39, 0.29) is 11.7 Å². The molecule has 1 rings (SSSR count). The predicted octanol–water partition coefficient (Wildman–Crippen LogP) is 2.09. The Kier molecular flexibility index (Phi) is 3.51. The molecule has 0 radical (unpaired) electrons. The van der Waals surface area contributed by atoms with Crippen LogP contribution in [0.5, 0.6) is 11.5 Å². The molecule has 0 bridgehead atoms. The lowest BCUT2D eigenvalue weighted by molar-refractivity contribution is -0.108. The van der Waals surface area contributed by atoms with Crippen molar-refractivity contribution in [2.45, 2.75) is 19.8 Å². The van der Waals surface area contributed by atoms with Crippen LogP contribution >= 0.6 is 0 Å². The second kappa shape index (κ2) is 4.65. The predicted molar refractivity (Wildman–Crippen MR) is 53.8 cm³/mol. The zero-order valence-corrected chi connectivity index (χ0v) is 8.36. The van der Waals surface area contributed by atoms with Gasteiger partial charge in [-0.3, -0.25) is 0 Å². The van der Waals surface area contributed by atoms with Crippen LogP contribution < -0.4 is 4.74 Å². The topological polar surface area (TPSA) is 46.5 Å². The first kappa shape index (κ1) is 10.6. The van der Waals surface area contributed by atoms with Crippen LogP contribution in [0.2, 0.25) is 0 Å². The monoisotopic (exact) mass is 194 g/mol. The number of rotatable bonds is 4. The summed E-state index contributed by atoms with van der Waals surface area (Å²) in [6.07, 6.45) is 0.863. The van der Waals surface area contributed by atoms with Gasteiger partial charge >= 0.3 is 0 Å². The number of hydrogen-bond donors (Lipinski definition) is 1. The highest BCUT2D eigenvalue weighted by atomic mass is 16.5. The molecule has 0 saturated heterocycles. The van der Waals surface area contributed by atoms with E-state index in [1.807, 2.05) is 6.92 Å². The molecule has 1 unspecified atom stereocenters. The molecule has 14 heavy (non-hydrogen) atoms. The summed E-state index contributed by atoms with van der Waals surface area (Å²) in [4.78, 5) is 10.6. The van der Waals surface area contributed by atoms with Crippen molar-refractivity contribution in [3.8, 4) is 11.5 Å². The number of ether oxygens (including phenoxy) is 1. The van der Waals surface area contributed by atoms with Crippen LogP contribution in [0.4, 0.5) is 0 Å². The summed E-state index contributed by atoms with van der Waals surface area (Å²) < 4.78 is 5.21. The van der Waals surface area contributed by atoms with E-state index in [0.717, 1.165) is 11.8 Å². The molecule has 0 aliphatic rings. The van der Waals surface area contributed by atoms with Gasteiger partial charge in [0.25, 0.3) is 0 Å². The molecular weight excluding hydrogens is 180 g/mol. The maximum atomic E-state index is 10.6. The number of aldehydes is 1. The first-order valence-corrected chi connectivity index (χ1v) is 4.60. The molecular formula is C11H14O3. The standard InChI is InChI=1S/C11H14O3/c1-3-14-11-6-9(8(2)7-12)4-5-10(11)13/h4-8,13H,3H2,1-2H3. The number of phenolic OH excluding ortho intramolecular Hbond substituents is 1. The third-order valence-corrected chi connectivity index (χ3v) is 2.01. The molecule has 1 aromatic carbocycles. The Labute approximate surface area is 83.3 Å². The van der Waals surface area contributed by atoms with E-state index in [1.165, 1.54) is 0 Å². The van der Waals surface area contributed by atoms with Gasteiger partial charge in [-0.2, -0.15) is 0 Å². The van der Waals surface area contributed by atoms with Crippen LogP contribution in [0.15, 0.2) is 18.2 Å². The summed E-state index contributed by atoms with van der Waals surface area (Å²) >= 11 is 0. The van der Waals surface area contributed by atoms with Gasteiger partial charge in [0, 0.05) is 5.92 Å². The number of aromatic hydroxyl groups is 1. The highest BCUT2D eigenvalue weighted by molar-refractivity contribution is 5.62. The van der Waals surface area contributed by atoms with Gasteiger partial charge in [-0.05, 0) is 24.6 Å². The second-order valence-electron chi connectivity index (χ2n) is 3.08. The van der Waals surface area contributed by atoms with Gasteiger partial charge in [-0.1, -0.05) is 13.0 Å². The SMILES string of the molecule is CCOc1cc(C(C)C=O)ccc1O. The maximum absolute atomic E-state index is 10.6. The lowest BCUT2D eigenvalue weighted by Gasteiger charge is -2.09. The van der Waals surface area contributed by atoms with Crippen molar-refractivity contribution in [1.82, 2.24) is 0 Å². The van der Waals surface area contributed by atoms with Crippen molar-refractivity contribution in [3.05, 3.63) is 23.8 Å². The molecule has 76 valence electrons. The van der Waals surface area contributed by atoms with E-state index in [1.54, 1.807) is 25.1 Å². The Morgan fingerprint density at radius 3 is 2.86 bits per heavy atom. The highest BCUT2D eigenvalue weighted by Gasteiger charge is 2.08. The molecule has 0 aromatic heterocycles. The number of benzene rings is 1. The van der Waals surface area contributed by atoms with E-state index >= 15 is 0 Å². The molecule has 0 amide bonds. The van der Waals surface area contributed by atoms with Crippen molar-refractivity contribution < 1.29 is 14.6 Å². The maximum Gasteiger partial charge on any atom is 0.161 e. The highest BCUT2D eigenvalue weighted by Crippen LogP contribution is 2.29. The van der Waals surface area contributed by atoms with Gasteiger partial charge in [0.15, 0.2) is 11.5 Å². The van der Waals surface area contributed by atoms with Crippen LogP contribution in [0, 0.1) is 0 Å². The van der Waals surface area contributed by atoms with Gasteiger partial charge in [-0.25, -0.2) is 0 Å². The zero-order chi connectivity index (χ0) is 10.6. The van der Waals surface area contributed by atoms with Crippen molar-refractivity contribution in [3.63, 3.8) is 0 Å². The van der Waals surface area contributed by atoms with Gasteiger partial charge in [0.1, 0.15) is 6.29 Å². The van der Waals surface area contributed by atoms with Gasteiger partial charge in [0.05, 0.1) is 6.61 Å². The summed E-state index contributed by atoms with van der Waals surface area (Å²) in [6, 6.07) is 4.95. The fraction of sp³-hybridized carbons (Fsp3) is 0.364. The Morgan fingerprint density at radius 2 is 2.29 bits per heavy atom. The van der Waals surface area contributed by atoms with Crippen molar-refractivity contribution in [2.75, 3.05) is 6.61 Å². The lowest BCUT2D eigenvalue weighted by Crippen LogP contribution is -1.97. The summed E-state index contributed by atoms with van der Waals surface area (Å²) in [5.41, 5.74) is 0.848. The number of carbonyl (C=O) groups is 1. The molecule has 3 heteroatoms. The minimum atomic E-state index is -0.171. The second-order valence-corrected chi connectivity index (χ2v) is 3.08. The van der Waals surface area contributed by atoms with E-state index in [4.69, 9.17) is 4.74 Å². The normalized spacial score (nSPS) is 12.1. The number of phenols is 1. The van der Waals surface area contributed by atoms with Crippen LogP contribution in [-0.2, 0) is 4.79 Å². The van der Waals surface area contributed by atoms with Crippen LogP contribution in [0.1, 0.15) is 25.3 Å². The molecule has 1 aromatic rings. The van der Waals surface area contributed by atoms with E-state index in [9.17, 15) is 9.90 Å². The lowest BCUT2D eigenvalue weighted by atomic mass is 10.0. The van der Waals surface area contributed by atoms with Crippen LogP contribution in [0.25, 0.3) is 0 Å². The summed E-state index contributed by atoms with van der Waals surface area (Å²) in [5, 5.41) is 9.41. The van der Waals surface area contributed by atoms with E-state index < -0.39 is 0 Å². The molecule has 0 heterocycles. The van der Waals surface area contributed by atoms with Crippen LogP contribution in [0.3, 0.4) is 0 Å². The summed E-state index contributed by atoms with van der Waals surface area (Å²) in [7, 11) is 0. The average molecular weight is 194 g/mol. The van der Waals surface area contributed by atoms with Crippen LogP contribution in [-0.4, -0.2) is 18.0 Å². The Balaban J connectivity index is 2.99.